The standard InChI is InChI=1S/C20H15ClF2N6O3/c1-31-9-15(30)26-28-18-16-17(11-4-2-3-5-12(11)21)27-29-19(16)25-20(24-18)32-14-7-6-10(22)8-13(14)23/h2-8H,9H2,1H3,(H,26,30)(H2,24,25,27,28,29). The highest BCUT2D eigenvalue weighted by Gasteiger charge is 2.20. The van der Waals surface area contributed by atoms with Crippen LogP contribution in [0.2, 0.25) is 5.02 Å². The quantitative estimate of drug-likeness (QED) is 0.359. The van der Waals surface area contributed by atoms with Crippen LogP contribution in [0.25, 0.3) is 22.3 Å². The molecule has 3 N–H and O–H groups in total. The van der Waals surface area contributed by atoms with Crippen molar-refractivity contribution in [2.45, 2.75) is 0 Å². The Morgan fingerprint density at radius 2 is 2.00 bits per heavy atom. The van der Waals surface area contributed by atoms with Gasteiger partial charge in [-0.3, -0.25) is 20.7 Å². The fourth-order valence-electron chi connectivity index (χ4n) is 2.85. The van der Waals surface area contributed by atoms with Crippen LogP contribution in [-0.2, 0) is 9.53 Å². The van der Waals surface area contributed by atoms with Gasteiger partial charge in [0, 0.05) is 23.8 Å². The maximum atomic E-state index is 14.0. The fraction of sp³-hybridized carbons (Fsp3) is 0.100. The van der Waals surface area contributed by atoms with E-state index < -0.39 is 17.5 Å². The van der Waals surface area contributed by atoms with Crippen LogP contribution in [0.15, 0.2) is 42.5 Å². The lowest BCUT2D eigenvalue weighted by molar-refractivity contribution is -0.124. The van der Waals surface area contributed by atoms with Crippen LogP contribution < -0.4 is 15.6 Å². The second kappa shape index (κ2) is 9.12. The molecule has 0 aliphatic carbocycles. The summed E-state index contributed by atoms with van der Waals surface area (Å²) in [6, 6.07) is 9.54. The lowest BCUT2D eigenvalue weighted by Crippen LogP contribution is -2.32. The van der Waals surface area contributed by atoms with Crippen molar-refractivity contribution in [2.75, 3.05) is 19.1 Å². The minimum Gasteiger partial charge on any atom is -0.421 e. The summed E-state index contributed by atoms with van der Waals surface area (Å²) < 4.78 is 37.4. The molecular weight excluding hydrogens is 446 g/mol. The van der Waals surface area contributed by atoms with Gasteiger partial charge < -0.3 is 9.47 Å². The lowest BCUT2D eigenvalue weighted by atomic mass is 10.1. The van der Waals surface area contributed by atoms with E-state index in [1.54, 1.807) is 24.3 Å². The largest absolute Gasteiger partial charge is 0.421 e. The zero-order chi connectivity index (χ0) is 22.7. The molecule has 0 unspecified atom stereocenters. The van der Waals surface area contributed by atoms with E-state index >= 15 is 0 Å². The first-order valence-corrected chi connectivity index (χ1v) is 9.51. The number of methoxy groups -OCH3 is 1. The molecule has 0 spiro atoms. The van der Waals surface area contributed by atoms with E-state index in [2.05, 4.69) is 31.0 Å². The van der Waals surface area contributed by atoms with Gasteiger partial charge in [-0.1, -0.05) is 29.8 Å². The molecule has 0 aliphatic rings. The minimum absolute atomic E-state index is 0.0978. The molecule has 9 nitrogen and oxygen atoms in total. The molecule has 12 heteroatoms. The van der Waals surface area contributed by atoms with Gasteiger partial charge in [-0.15, -0.1) is 0 Å². The molecule has 164 valence electrons. The Morgan fingerprint density at radius 1 is 1.19 bits per heavy atom. The van der Waals surface area contributed by atoms with Gasteiger partial charge in [0.25, 0.3) is 5.91 Å². The van der Waals surface area contributed by atoms with Crippen molar-refractivity contribution in [3.8, 4) is 23.0 Å². The number of H-pyrrole nitrogens is 1. The summed E-state index contributed by atoms with van der Waals surface area (Å²) in [6.07, 6.45) is 0. The van der Waals surface area contributed by atoms with E-state index in [-0.39, 0.29) is 29.8 Å². The number of hydrazine groups is 1. The number of anilines is 1. The summed E-state index contributed by atoms with van der Waals surface area (Å²) >= 11 is 6.31. The van der Waals surface area contributed by atoms with Crippen molar-refractivity contribution >= 4 is 34.4 Å². The van der Waals surface area contributed by atoms with E-state index in [9.17, 15) is 13.6 Å². The zero-order valence-corrected chi connectivity index (χ0v) is 17.2. The van der Waals surface area contributed by atoms with Crippen LogP contribution in [0, 0.1) is 11.6 Å². The number of halogens is 3. The predicted molar refractivity (Wildman–Crippen MR) is 112 cm³/mol. The number of aromatic amines is 1. The van der Waals surface area contributed by atoms with Gasteiger partial charge in [0.05, 0.1) is 11.1 Å². The smallest absolute Gasteiger partial charge is 0.326 e. The molecule has 0 fully saturated rings. The van der Waals surface area contributed by atoms with Gasteiger partial charge in [0.1, 0.15) is 12.4 Å². The molecule has 0 radical (unpaired) electrons. The molecule has 0 bridgehead atoms. The number of benzene rings is 2. The van der Waals surface area contributed by atoms with Crippen LogP contribution in [0.4, 0.5) is 14.6 Å². The summed E-state index contributed by atoms with van der Waals surface area (Å²) in [5, 5.41) is 7.83. The molecule has 32 heavy (non-hydrogen) atoms. The van der Waals surface area contributed by atoms with Gasteiger partial charge in [0.15, 0.2) is 23.0 Å². The first-order valence-electron chi connectivity index (χ1n) is 9.14. The van der Waals surface area contributed by atoms with Crippen molar-refractivity contribution < 1.29 is 23.0 Å². The van der Waals surface area contributed by atoms with Crippen molar-refractivity contribution in [1.29, 1.82) is 0 Å². The molecule has 4 aromatic rings. The van der Waals surface area contributed by atoms with Crippen LogP contribution >= 0.6 is 11.6 Å². The average molecular weight is 461 g/mol. The zero-order valence-electron chi connectivity index (χ0n) is 16.4. The molecule has 2 aromatic carbocycles. The fourth-order valence-corrected chi connectivity index (χ4v) is 3.08. The Labute approximate surface area is 184 Å². The summed E-state index contributed by atoms with van der Waals surface area (Å²) in [5.41, 5.74) is 6.34. The van der Waals surface area contributed by atoms with E-state index in [0.29, 0.717) is 27.7 Å². The number of nitrogens with one attached hydrogen (secondary N) is 3. The molecule has 2 heterocycles. The van der Waals surface area contributed by atoms with Crippen LogP contribution in [0.1, 0.15) is 0 Å². The lowest BCUT2D eigenvalue weighted by Gasteiger charge is -2.11. The van der Waals surface area contributed by atoms with Gasteiger partial charge in [-0.25, -0.2) is 8.78 Å². The third-order valence-electron chi connectivity index (χ3n) is 4.23. The van der Waals surface area contributed by atoms with Gasteiger partial charge in [-0.05, 0) is 18.2 Å². The third kappa shape index (κ3) is 4.43. The molecule has 0 saturated carbocycles. The first-order chi connectivity index (χ1) is 15.5. The number of amides is 1. The Balaban J connectivity index is 1.78. The normalized spacial score (nSPS) is 10.9. The highest BCUT2D eigenvalue weighted by Crippen LogP contribution is 2.35. The summed E-state index contributed by atoms with van der Waals surface area (Å²) in [5.74, 6) is -2.36. The SMILES string of the molecule is COCC(=O)NNc1nc(Oc2ccc(F)cc2F)nc2n[nH]c(-c3ccccc3Cl)c12. The van der Waals surface area contributed by atoms with Crippen molar-refractivity contribution in [2.24, 2.45) is 0 Å². The predicted octanol–water partition coefficient (Wildman–Crippen LogP) is 3.83. The van der Waals surface area contributed by atoms with Crippen molar-refractivity contribution in [1.82, 2.24) is 25.6 Å². The number of hydrogen-bond donors (Lipinski definition) is 3. The monoisotopic (exact) mass is 460 g/mol. The Hall–Kier alpha value is -3.83. The number of fused-ring (bicyclic) bond motifs is 1. The van der Waals surface area contributed by atoms with Crippen LogP contribution in [0.3, 0.4) is 0 Å². The number of hydrogen-bond acceptors (Lipinski definition) is 7. The topological polar surface area (TPSA) is 114 Å². The maximum absolute atomic E-state index is 14.0. The Morgan fingerprint density at radius 3 is 2.75 bits per heavy atom. The van der Waals surface area contributed by atoms with E-state index in [1.165, 1.54) is 7.11 Å². The van der Waals surface area contributed by atoms with Gasteiger partial charge in [-0.2, -0.15) is 15.1 Å². The highest BCUT2D eigenvalue weighted by molar-refractivity contribution is 6.33. The first kappa shape index (κ1) is 21.4. The number of carbonyl (C=O) groups is 1. The minimum atomic E-state index is -0.935. The highest BCUT2D eigenvalue weighted by atomic mass is 35.5. The van der Waals surface area contributed by atoms with Crippen LogP contribution in [-0.4, -0.2) is 39.8 Å². The number of nitrogens with zero attached hydrogens (tertiary/aromatic N) is 3. The number of carbonyl (C=O) groups excluding carboxylic acids is 1. The summed E-state index contributed by atoms with van der Waals surface area (Å²) in [4.78, 5) is 20.2. The van der Waals surface area contributed by atoms with E-state index in [0.717, 1.165) is 12.1 Å². The Bertz CT molecular complexity index is 1300. The van der Waals surface area contributed by atoms with Crippen molar-refractivity contribution in [3.05, 3.63) is 59.1 Å². The summed E-state index contributed by atoms with van der Waals surface area (Å²) in [6.45, 7) is -0.200. The summed E-state index contributed by atoms with van der Waals surface area (Å²) in [7, 11) is 1.37. The molecular formula is C20H15ClF2N6O3. The maximum Gasteiger partial charge on any atom is 0.326 e. The second-order valence-corrected chi connectivity index (χ2v) is 6.82. The second-order valence-electron chi connectivity index (χ2n) is 6.41. The molecule has 1 amide bonds. The molecule has 4 rings (SSSR count). The van der Waals surface area contributed by atoms with Gasteiger partial charge >= 0.3 is 6.01 Å². The number of aromatic nitrogens is 4. The Kier molecular flexibility index (Phi) is 6.10. The molecule has 0 aliphatic heterocycles. The number of rotatable bonds is 7. The van der Waals surface area contributed by atoms with Crippen LogP contribution in [0.5, 0.6) is 11.8 Å². The van der Waals surface area contributed by atoms with Crippen molar-refractivity contribution in [3.63, 3.8) is 0 Å². The van der Waals surface area contributed by atoms with E-state index in [4.69, 9.17) is 21.1 Å². The molecule has 2 aromatic heterocycles. The van der Waals surface area contributed by atoms with Gasteiger partial charge in [0.2, 0.25) is 0 Å². The average Bonchev–Trinajstić information content (AvgIpc) is 3.18. The third-order valence-corrected chi connectivity index (χ3v) is 4.56. The molecule has 0 atom stereocenters. The number of ether oxygens (including phenoxy) is 2. The molecule has 0 saturated heterocycles. The van der Waals surface area contributed by atoms with E-state index in [1.807, 2.05) is 0 Å².